The topological polar surface area (TPSA) is 114 Å². The number of imide groups is 1. The van der Waals surface area contributed by atoms with Crippen molar-refractivity contribution in [3.8, 4) is 0 Å². The number of hydrogen-bond donors (Lipinski definition) is 3. The van der Waals surface area contributed by atoms with Crippen LogP contribution in [0.25, 0.3) is 0 Å². The van der Waals surface area contributed by atoms with Gasteiger partial charge in [0.1, 0.15) is 6.54 Å². The molecule has 0 saturated heterocycles. The molecular formula is C14H19N3O5S. The molecule has 0 atom stereocenters. The molecule has 1 aromatic heterocycles. The van der Waals surface area contributed by atoms with Crippen molar-refractivity contribution >= 4 is 35.2 Å². The molecule has 1 aromatic rings. The van der Waals surface area contributed by atoms with Crippen LogP contribution in [0.3, 0.4) is 0 Å². The third-order valence-corrected chi connectivity index (χ3v) is 3.39. The quantitative estimate of drug-likeness (QED) is 0.654. The van der Waals surface area contributed by atoms with Crippen LogP contribution in [-0.4, -0.2) is 43.0 Å². The maximum Gasteiger partial charge on any atom is 0.325 e. The van der Waals surface area contributed by atoms with Crippen LogP contribution < -0.4 is 16.0 Å². The largest absolute Gasteiger partial charge is 0.454 e. The van der Waals surface area contributed by atoms with Gasteiger partial charge in [-0.3, -0.25) is 19.7 Å². The first-order valence-electron chi connectivity index (χ1n) is 6.88. The minimum atomic E-state index is -0.772. The monoisotopic (exact) mass is 341 g/mol. The van der Waals surface area contributed by atoms with E-state index in [2.05, 4.69) is 15.4 Å². The highest BCUT2D eigenvalue weighted by Gasteiger charge is 2.13. The van der Waals surface area contributed by atoms with Crippen LogP contribution in [0.15, 0.2) is 12.1 Å². The number of ether oxygens (including phenoxy) is 1. The van der Waals surface area contributed by atoms with Gasteiger partial charge >= 0.3 is 12.0 Å². The van der Waals surface area contributed by atoms with Crippen LogP contribution in [0, 0.1) is 6.92 Å². The fraction of sp³-hybridized carbons (Fsp3) is 0.429. The Morgan fingerprint density at radius 1 is 1.22 bits per heavy atom. The Bertz CT molecular complexity index is 597. The number of urea groups is 1. The van der Waals surface area contributed by atoms with Gasteiger partial charge in [-0.1, -0.05) is 0 Å². The average molecular weight is 341 g/mol. The summed E-state index contributed by atoms with van der Waals surface area (Å²) in [6.07, 6.45) is 0. The van der Waals surface area contributed by atoms with Gasteiger partial charge < -0.3 is 15.4 Å². The molecule has 4 amide bonds. The molecule has 126 valence electrons. The second kappa shape index (κ2) is 8.89. The highest BCUT2D eigenvalue weighted by atomic mass is 32.1. The molecular weight excluding hydrogens is 322 g/mol. The number of aryl methyl sites for hydroxylation is 1. The van der Waals surface area contributed by atoms with E-state index in [0.29, 0.717) is 4.88 Å². The van der Waals surface area contributed by atoms with Crippen molar-refractivity contribution in [3.63, 3.8) is 0 Å². The Hall–Kier alpha value is -2.42. The second-order valence-electron chi connectivity index (χ2n) is 4.93. The van der Waals surface area contributed by atoms with Gasteiger partial charge in [-0.05, 0) is 32.9 Å². The molecule has 0 radical (unpaired) electrons. The van der Waals surface area contributed by atoms with E-state index in [1.165, 1.54) is 11.3 Å². The minimum Gasteiger partial charge on any atom is -0.454 e. The summed E-state index contributed by atoms with van der Waals surface area (Å²) in [4.78, 5) is 47.2. The SMILES string of the molecule is Cc1ccc(C(=O)NCC(=O)OCC(=O)NC(=O)NC(C)C)s1. The number of thiophene rings is 1. The fourth-order valence-electron chi connectivity index (χ4n) is 1.45. The zero-order chi connectivity index (χ0) is 17.4. The number of rotatable bonds is 6. The lowest BCUT2D eigenvalue weighted by molar-refractivity contribution is -0.147. The van der Waals surface area contributed by atoms with Gasteiger partial charge in [0, 0.05) is 10.9 Å². The van der Waals surface area contributed by atoms with Crippen molar-refractivity contribution in [3.05, 3.63) is 21.9 Å². The molecule has 0 aliphatic rings. The number of carbonyl (C=O) groups is 4. The highest BCUT2D eigenvalue weighted by Crippen LogP contribution is 2.14. The number of amides is 4. The highest BCUT2D eigenvalue weighted by molar-refractivity contribution is 7.13. The first kappa shape index (κ1) is 18.6. The zero-order valence-electron chi connectivity index (χ0n) is 13.1. The van der Waals surface area contributed by atoms with Crippen molar-refractivity contribution in [1.29, 1.82) is 0 Å². The van der Waals surface area contributed by atoms with E-state index in [0.717, 1.165) is 4.88 Å². The fourth-order valence-corrected chi connectivity index (χ4v) is 2.24. The van der Waals surface area contributed by atoms with Crippen LogP contribution in [0.4, 0.5) is 4.79 Å². The summed E-state index contributed by atoms with van der Waals surface area (Å²) in [6, 6.07) is 2.66. The van der Waals surface area contributed by atoms with Crippen molar-refractivity contribution in [1.82, 2.24) is 16.0 Å². The first-order valence-corrected chi connectivity index (χ1v) is 7.70. The predicted molar refractivity (Wildman–Crippen MR) is 84.2 cm³/mol. The molecule has 3 N–H and O–H groups in total. The smallest absolute Gasteiger partial charge is 0.325 e. The molecule has 0 spiro atoms. The molecule has 0 bridgehead atoms. The first-order chi connectivity index (χ1) is 10.8. The van der Waals surface area contributed by atoms with E-state index in [9.17, 15) is 19.2 Å². The molecule has 1 heterocycles. The second-order valence-corrected chi connectivity index (χ2v) is 6.22. The lowest BCUT2D eigenvalue weighted by Gasteiger charge is -2.09. The van der Waals surface area contributed by atoms with Gasteiger partial charge in [0.05, 0.1) is 4.88 Å². The average Bonchev–Trinajstić information content (AvgIpc) is 2.88. The van der Waals surface area contributed by atoms with E-state index in [1.807, 2.05) is 12.2 Å². The molecule has 0 unspecified atom stereocenters. The van der Waals surface area contributed by atoms with Crippen LogP contribution >= 0.6 is 11.3 Å². The molecule has 23 heavy (non-hydrogen) atoms. The van der Waals surface area contributed by atoms with E-state index >= 15 is 0 Å². The van der Waals surface area contributed by atoms with Crippen LogP contribution in [0.5, 0.6) is 0 Å². The molecule has 9 heteroatoms. The maximum atomic E-state index is 11.7. The number of esters is 1. The normalized spacial score (nSPS) is 10.1. The molecule has 0 saturated carbocycles. The molecule has 0 aliphatic carbocycles. The molecule has 8 nitrogen and oxygen atoms in total. The van der Waals surface area contributed by atoms with Crippen LogP contribution in [-0.2, 0) is 14.3 Å². The van der Waals surface area contributed by atoms with Gasteiger partial charge in [0.15, 0.2) is 6.61 Å². The van der Waals surface area contributed by atoms with Crippen molar-refractivity contribution in [2.45, 2.75) is 26.8 Å². The minimum absolute atomic E-state index is 0.124. The summed E-state index contributed by atoms with van der Waals surface area (Å²) in [5.41, 5.74) is 0. The van der Waals surface area contributed by atoms with Gasteiger partial charge in [-0.2, -0.15) is 0 Å². The summed E-state index contributed by atoms with van der Waals surface area (Å²) in [5, 5.41) is 6.85. The van der Waals surface area contributed by atoms with Gasteiger partial charge in [-0.25, -0.2) is 4.79 Å². The standard InChI is InChI=1S/C14H19N3O5S/c1-8(2)16-14(21)17-11(18)7-22-12(19)6-15-13(20)10-5-4-9(3)23-10/h4-5,8H,6-7H2,1-3H3,(H,15,20)(H2,16,17,18,21). The Balaban J connectivity index is 2.25. The van der Waals surface area contributed by atoms with Crippen molar-refractivity contribution in [2.24, 2.45) is 0 Å². The molecule has 1 rings (SSSR count). The number of hydrogen-bond acceptors (Lipinski definition) is 6. The summed E-state index contributed by atoms with van der Waals surface area (Å²) >= 11 is 1.30. The van der Waals surface area contributed by atoms with E-state index in [1.54, 1.807) is 26.0 Å². The summed E-state index contributed by atoms with van der Waals surface area (Å²) in [5.74, 6) is -1.91. The summed E-state index contributed by atoms with van der Waals surface area (Å²) in [7, 11) is 0. The lowest BCUT2D eigenvalue weighted by atomic mass is 10.4. The molecule has 0 aromatic carbocycles. The molecule has 0 aliphatic heterocycles. The van der Waals surface area contributed by atoms with Crippen molar-refractivity contribution in [2.75, 3.05) is 13.2 Å². The Labute approximate surface area is 137 Å². The third kappa shape index (κ3) is 7.41. The number of carbonyl (C=O) groups excluding carboxylic acids is 4. The van der Waals surface area contributed by atoms with E-state index in [-0.39, 0.29) is 18.5 Å². The summed E-state index contributed by atoms with van der Waals surface area (Å²) < 4.78 is 4.66. The number of nitrogens with one attached hydrogen (secondary N) is 3. The third-order valence-electron chi connectivity index (χ3n) is 2.39. The van der Waals surface area contributed by atoms with Crippen LogP contribution in [0.1, 0.15) is 28.4 Å². The lowest BCUT2D eigenvalue weighted by Crippen LogP contribution is -2.44. The van der Waals surface area contributed by atoms with Gasteiger partial charge in [0.25, 0.3) is 11.8 Å². The van der Waals surface area contributed by atoms with Crippen LogP contribution in [0.2, 0.25) is 0 Å². The Morgan fingerprint density at radius 2 is 1.91 bits per heavy atom. The maximum absolute atomic E-state index is 11.7. The zero-order valence-corrected chi connectivity index (χ0v) is 13.9. The summed E-state index contributed by atoms with van der Waals surface area (Å²) in [6.45, 7) is 4.38. The Kier molecular flexibility index (Phi) is 7.20. The van der Waals surface area contributed by atoms with Gasteiger partial charge in [-0.15, -0.1) is 11.3 Å². The van der Waals surface area contributed by atoms with Crippen molar-refractivity contribution < 1.29 is 23.9 Å². The molecule has 0 fully saturated rings. The predicted octanol–water partition coefficient (Wildman–Crippen LogP) is 0.564. The van der Waals surface area contributed by atoms with Gasteiger partial charge in [0.2, 0.25) is 0 Å². The van der Waals surface area contributed by atoms with E-state index in [4.69, 9.17) is 0 Å². The Morgan fingerprint density at radius 3 is 2.48 bits per heavy atom. The van der Waals surface area contributed by atoms with E-state index < -0.39 is 24.5 Å².